The predicted molar refractivity (Wildman–Crippen MR) is 47.2 cm³/mol. The van der Waals surface area contributed by atoms with Crippen LogP contribution in [0.15, 0.2) is 0 Å². The molecule has 1 aliphatic heterocycles. The second-order valence-electron chi connectivity index (χ2n) is 3.12. The molecule has 0 atom stereocenters. The average Bonchev–Trinajstić information content (AvgIpc) is 2.15. The topological polar surface area (TPSA) is 46.6 Å². The zero-order chi connectivity index (χ0) is 9.68. The number of imide groups is 1. The SMILES string of the molecule is CCCOC(=O)N1CCCCC1=O. The summed E-state index contributed by atoms with van der Waals surface area (Å²) in [6.07, 6.45) is 2.56. The first-order valence-electron chi connectivity index (χ1n) is 4.73. The smallest absolute Gasteiger partial charge is 0.416 e. The summed E-state index contributed by atoms with van der Waals surface area (Å²) in [6, 6.07) is 0. The van der Waals surface area contributed by atoms with E-state index in [4.69, 9.17) is 4.74 Å². The Labute approximate surface area is 77.8 Å². The molecule has 0 aromatic rings. The van der Waals surface area contributed by atoms with E-state index in [1.54, 1.807) is 0 Å². The van der Waals surface area contributed by atoms with Gasteiger partial charge in [-0.2, -0.15) is 0 Å². The van der Waals surface area contributed by atoms with Crippen molar-refractivity contribution >= 4 is 12.0 Å². The third-order valence-corrected chi connectivity index (χ3v) is 1.97. The summed E-state index contributed by atoms with van der Waals surface area (Å²) < 4.78 is 4.87. The van der Waals surface area contributed by atoms with Crippen molar-refractivity contribution in [1.29, 1.82) is 0 Å². The highest BCUT2D eigenvalue weighted by atomic mass is 16.6. The van der Waals surface area contributed by atoms with E-state index in [0.29, 0.717) is 19.6 Å². The first-order chi connectivity index (χ1) is 6.25. The number of hydrogen-bond donors (Lipinski definition) is 0. The Balaban J connectivity index is 2.39. The van der Waals surface area contributed by atoms with Gasteiger partial charge in [-0.15, -0.1) is 0 Å². The van der Waals surface area contributed by atoms with Gasteiger partial charge in [-0.25, -0.2) is 9.69 Å². The number of ether oxygens (including phenoxy) is 1. The van der Waals surface area contributed by atoms with Gasteiger partial charge >= 0.3 is 6.09 Å². The number of nitrogens with zero attached hydrogens (tertiary/aromatic N) is 1. The van der Waals surface area contributed by atoms with Crippen molar-refractivity contribution in [3.8, 4) is 0 Å². The van der Waals surface area contributed by atoms with Crippen molar-refractivity contribution in [2.75, 3.05) is 13.2 Å². The number of carbonyl (C=O) groups excluding carboxylic acids is 2. The molecule has 0 aromatic heterocycles. The Morgan fingerprint density at radius 2 is 2.31 bits per heavy atom. The van der Waals surface area contributed by atoms with Gasteiger partial charge in [0.05, 0.1) is 6.61 Å². The van der Waals surface area contributed by atoms with Gasteiger partial charge in [0.1, 0.15) is 0 Å². The first-order valence-corrected chi connectivity index (χ1v) is 4.73. The lowest BCUT2D eigenvalue weighted by molar-refractivity contribution is -0.131. The fourth-order valence-corrected chi connectivity index (χ4v) is 1.27. The summed E-state index contributed by atoms with van der Waals surface area (Å²) in [4.78, 5) is 23.7. The maximum absolute atomic E-state index is 11.3. The minimum absolute atomic E-state index is 0.104. The monoisotopic (exact) mass is 185 g/mol. The fourth-order valence-electron chi connectivity index (χ4n) is 1.27. The van der Waals surface area contributed by atoms with Gasteiger partial charge in [-0.1, -0.05) is 6.92 Å². The van der Waals surface area contributed by atoms with E-state index in [1.165, 1.54) is 4.90 Å². The van der Waals surface area contributed by atoms with Crippen LogP contribution in [-0.4, -0.2) is 30.1 Å². The van der Waals surface area contributed by atoms with Crippen LogP contribution in [0.1, 0.15) is 32.6 Å². The molecule has 0 N–H and O–H groups in total. The predicted octanol–water partition coefficient (Wildman–Crippen LogP) is 1.55. The second kappa shape index (κ2) is 4.84. The molecular weight excluding hydrogens is 170 g/mol. The normalized spacial score (nSPS) is 17.3. The standard InChI is InChI=1S/C9H15NO3/c1-2-7-13-9(12)10-6-4-3-5-8(10)11/h2-7H2,1H3. The van der Waals surface area contributed by atoms with Crippen LogP contribution in [-0.2, 0) is 9.53 Å². The Kier molecular flexibility index (Phi) is 3.73. The molecule has 0 aromatic carbocycles. The molecule has 0 unspecified atom stereocenters. The number of likely N-dealkylation sites (tertiary alicyclic amines) is 1. The van der Waals surface area contributed by atoms with Crippen molar-refractivity contribution < 1.29 is 14.3 Å². The number of carbonyl (C=O) groups is 2. The summed E-state index contributed by atoms with van der Waals surface area (Å²) in [6.45, 7) is 2.83. The molecule has 1 fully saturated rings. The van der Waals surface area contributed by atoms with Gasteiger partial charge in [0, 0.05) is 13.0 Å². The summed E-state index contributed by atoms with van der Waals surface area (Å²) in [5.74, 6) is -0.104. The maximum Gasteiger partial charge on any atom is 0.416 e. The van der Waals surface area contributed by atoms with E-state index in [2.05, 4.69) is 0 Å². The summed E-state index contributed by atoms with van der Waals surface area (Å²) >= 11 is 0. The molecule has 13 heavy (non-hydrogen) atoms. The van der Waals surface area contributed by atoms with E-state index in [9.17, 15) is 9.59 Å². The summed E-state index contributed by atoms with van der Waals surface area (Å²) in [5.41, 5.74) is 0. The molecule has 4 nitrogen and oxygen atoms in total. The van der Waals surface area contributed by atoms with Crippen LogP contribution >= 0.6 is 0 Å². The van der Waals surface area contributed by atoms with Crippen molar-refractivity contribution in [1.82, 2.24) is 4.90 Å². The molecule has 74 valence electrons. The highest BCUT2D eigenvalue weighted by Gasteiger charge is 2.25. The zero-order valence-electron chi connectivity index (χ0n) is 7.91. The van der Waals surface area contributed by atoms with Gasteiger partial charge in [-0.05, 0) is 19.3 Å². The quantitative estimate of drug-likeness (QED) is 0.655. The van der Waals surface area contributed by atoms with Gasteiger partial charge in [-0.3, -0.25) is 4.79 Å². The molecule has 2 amide bonds. The minimum Gasteiger partial charge on any atom is -0.449 e. The van der Waals surface area contributed by atoms with E-state index in [1.807, 2.05) is 6.92 Å². The molecular formula is C9H15NO3. The third kappa shape index (κ3) is 2.72. The molecule has 1 saturated heterocycles. The van der Waals surface area contributed by atoms with Crippen LogP contribution in [0.4, 0.5) is 4.79 Å². The molecule has 1 heterocycles. The minimum atomic E-state index is -0.480. The molecule has 0 spiro atoms. The molecule has 1 aliphatic rings. The lowest BCUT2D eigenvalue weighted by Gasteiger charge is -2.23. The lowest BCUT2D eigenvalue weighted by Crippen LogP contribution is -2.40. The molecule has 1 rings (SSSR count). The number of amides is 2. The maximum atomic E-state index is 11.3. The lowest BCUT2D eigenvalue weighted by atomic mass is 10.1. The molecule has 0 radical (unpaired) electrons. The van der Waals surface area contributed by atoms with Gasteiger partial charge in [0.25, 0.3) is 0 Å². The largest absolute Gasteiger partial charge is 0.449 e. The van der Waals surface area contributed by atoms with Crippen LogP contribution in [0.5, 0.6) is 0 Å². The van der Waals surface area contributed by atoms with Gasteiger partial charge < -0.3 is 4.74 Å². The van der Waals surface area contributed by atoms with Crippen LogP contribution in [0.2, 0.25) is 0 Å². The molecule has 0 bridgehead atoms. The fraction of sp³-hybridized carbons (Fsp3) is 0.778. The molecule has 4 heteroatoms. The Hall–Kier alpha value is -1.06. The molecule has 0 saturated carbocycles. The van der Waals surface area contributed by atoms with E-state index in [-0.39, 0.29) is 5.91 Å². The Morgan fingerprint density at radius 1 is 1.54 bits per heavy atom. The second-order valence-corrected chi connectivity index (χ2v) is 3.12. The zero-order valence-corrected chi connectivity index (χ0v) is 7.91. The summed E-state index contributed by atoms with van der Waals surface area (Å²) in [5, 5.41) is 0. The number of piperidine rings is 1. The van der Waals surface area contributed by atoms with Gasteiger partial charge in [0.2, 0.25) is 5.91 Å². The van der Waals surface area contributed by atoms with Gasteiger partial charge in [0.15, 0.2) is 0 Å². The van der Waals surface area contributed by atoms with E-state index < -0.39 is 6.09 Å². The van der Waals surface area contributed by atoms with Crippen molar-refractivity contribution in [2.24, 2.45) is 0 Å². The van der Waals surface area contributed by atoms with Crippen LogP contribution in [0.25, 0.3) is 0 Å². The van der Waals surface area contributed by atoms with Crippen LogP contribution < -0.4 is 0 Å². The van der Waals surface area contributed by atoms with Crippen LogP contribution in [0, 0.1) is 0 Å². The summed E-state index contributed by atoms with van der Waals surface area (Å²) in [7, 11) is 0. The number of rotatable bonds is 2. The van der Waals surface area contributed by atoms with Crippen molar-refractivity contribution in [3.05, 3.63) is 0 Å². The Bertz CT molecular complexity index is 203. The van der Waals surface area contributed by atoms with Crippen molar-refractivity contribution in [2.45, 2.75) is 32.6 Å². The molecule has 0 aliphatic carbocycles. The highest BCUT2D eigenvalue weighted by Crippen LogP contribution is 2.11. The van der Waals surface area contributed by atoms with E-state index in [0.717, 1.165) is 19.3 Å². The van der Waals surface area contributed by atoms with E-state index >= 15 is 0 Å². The number of hydrogen-bond acceptors (Lipinski definition) is 3. The van der Waals surface area contributed by atoms with Crippen molar-refractivity contribution in [3.63, 3.8) is 0 Å². The highest BCUT2D eigenvalue weighted by molar-refractivity contribution is 5.92. The van der Waals surface area contributed by atoms with Crippen LogP contribution in [0.3, 0.4) is 0 Å². The first kappa shape index (κ1) is 10.0. The Morgan fingerprint density at radius 3 is 2.92 bits per heavy atom. The third-order valence-electron chi connectivity index (χ3n) is 1.97. The average molecular weight is 185 g/mol.